The number of urea groups is 1. The normalized spacial score (nSPS) is 18.4. The van der Waals surface area contributed by atoms with E-state index in [0.717, 1.165) is 19.1 Å². The first-order valence-corrected chi connectivity index (χ1v) is 8.20. The molecule has 0 radical (unpaired) electrons. The molecule has 0 bridgehead atoms. The zero-order valence-electron chi connectivity index (χ0n) is 11.0. The molecule has 8 heteroatoms. The summed E-state index contributed by atoms with van der Waals surface area (Å²) in [7, 11) is -3.16. The maximum absolute atomic E-state index is 11.7. The van der Waals surface area contributed by atoms with Gasteiger partial charge in [-0.15, -0.1) is 0 Å². The van der Waals surface area contributed by atoms with Crippen molar-refractivity contribution in [3.8, 4) is 0 Å². The van der Waals surface area contributed by atoms with Gasteiger partial charge in [-0.2, -0.15) is 0 Å². The molecule has 1 aliphatic rings. The van der Waals surface area contributed by atoms with Crippen molar-refractivity contribution in [3.63, 3.8) is 0 Å². The number of carbonyl (C=O) groups is 2. The van der Waals surface area contributed by atoms with Gasteiger partial charge in [0.15, 0.2) is 0 Å². The first kappa shape index (κ1) is 15.7. The minimum Gasteiger partial charge on any atom is -0.481 e. The van der Waals surface area contributed by atoms with Gasteiger partial charge in [0.05, 0.1) is 12.2 Å². The van der Waals surface area contributed by atoms with Gasteiger partial charge in [-0.25, -0.2) is 13.2 Å². The number of carboxylic acid groups (broad SMARTS) is 1. The van der Waals surface area contributed by atoms with Crippen molar-refractivity contribution in [2.45, 2.75) is 38.3 Å². The van der Waals surface area contributed by atoms with E-state index in [1.807, 2.05) is 0 Å². The summed E-state index contributed by atoms with van der Waals surface area (Å²) in [6.45, 7) is 1.59. The van der Waals surface area contributed by atoms with Crippen LogP contribution in [-0.4, -0.2) is 49.6 Å². The summed E-state index contributed by atoms with van der Waals surface area (Å²) in [4.78, 5) is 22.3. The Balaban J connectivity index is 2.42. The number of rotatable bonds is 7. The third-order valence-corrected chi connectivity index (χ3v) is 3.94. The third-order valence-electron chi connectivity index (χ3n) is 2.83. The van der Waals surface area contributed by atoms with Crippen LogP contribution in [-0.2, 0) is 14.6 Å². The van der Waals surface area contributed by atoms with Crippen molar-refractivity contribution < 1.29 is 23.1 Å². The molecule has 1 aliphatic carbocycles. The van der Waals surface area contributed by atoms with Gasteiger partial charge in [-0.3, -0.25) is 4.79 Å². The lowest BCUT2D eigenvalue weighted by Gasteiger charge is -2.19. The zero-order chi connectivity index (χ0) is 14.6. The summed E-state index contributed by atoms with van der Waals surface area (Å²) >= 11 is 0. The highest BCUT2D eigenvalue weighted by molar-refractivity contribution is 7.90. The van der Waals surface area contributed by atoms with E-state index in [4.69, 9.17) is 5.11 Å². The Hall–Kier alpha value is -1.31. The van der Waals surface area contributed by atoms with Crippen LogP contribution in [0.4, 0.5) is 4.79 Å². The van der Waals surface area contributed by atoms with Crippen LogP contribution >= 0.6 is 0 Å². The van der Waals surface area contributed by atoms with Crippen LogP contribution in [0.3, 0.4) is 0 Å². The monoisotopic (exact) mass is 292 g/mol. The molecular formula is C11H20N2O5S. The van der Waals surface area contributed by atoms with Crippen LogP contribution < -0.4 is 10.6 Å². The Morgan fingerprint density at radius 3 is 2.32 bits per heavy atom. The quantitative estimate of drug-likeness (QED) is 0.610. The van der Waals surface area contributed by atoms with Crippen molar-refractivity contribution in [2.75, 3.05) is 12.0 Å². The number of sulfone groups is 1. The van der Waals surface area contributed by atoms with Crippen molar-refractivity contribution in [1.29, 1.82) is 0 Å². The van der Waals surface area contributed by atoms with Crippen molar-refractivity contribution in [1.82, 2.24) is 10.6 Å². The van der Waals surface area contributed by atoms with E-state index in [2.05, 4.69) is 10.6 Å². The highest BCUT2D eigenvalue weighted by Gasteiger charge is 2.33. The molecule has 2 amide bonds. The van der Waals surface area contributed by atoms with Crippen LogP contribution in [0.15, 0.2) is 0 Å². The summed E-state index contributed by atoms with van der Waals surface area (Å²) in [5.41, 5.74) is 0. The van der Waals surface area contributed by atoms with Crippen LogP contribution in [0.5, 0.6) is 0 Å². The standard InChI is InChI=1S/C11H20N2O5S/c1-7(6-19(2,17)18)12-11(16)13-9(5-10(14)15)8-3-4-8/h7-9H,3-6H2,1-2H3,(H,14,15)(H2,12,13,16). The Morgan fingerprint density at radius 1 is 1.32 bits per heavy atom. The summed E-state index contributed by atoms with van der Waals surface area (Å²) in [6.07, 6.45) is 2.81. The molecule has 1 saturated carbocycles. The van der Waals surface area contributed by atoms with Gasteiger partial charge in [0.1, 0.15) is 9.84 Å². The summed E-state index contributed by atoms with van der Waals surface area (Å²) < 4.78 is 22.1. The van der Waals surface area contributed by atoms with E-state index < -0.39 is 27.9 Å². The highest BCUT2D eigenvalue weighted by atomic mass is 32.2. The molecule has 3 N–H and O–H groups in total. The lowest BCUT2D eigenvalue weighted by Crippen LogP contribution is -2.48. The predicted molar refractivity (Wildman–Crippen MR) is 69.6 cm³/mol. The molecule has 1 fully saturated rings. The van der Waals surface area contributed by atoms with Crippen LogP contribution in [0, 0.1) is 5.92 Å². The molecule has 0 heterocycles. The second-order valence-corrected chi connectivity index (χ2v) is 7.34. The van der Waals surface area contributed by atoms with E-state index in [1.165, 1.54) is 0 Å². The Labute approximate surface area is 112 Å². The molecule has 110 valence electrons. The molecule has 0 aromatic rings. The van der Waals surface area contributed by atoms with E-state index in [9.17, 15) is 18.0 Å². The van der Waals surface area contributed by atoms with E-state index in [1.54, 1.807) is 6.92 Å². The first-order valence-electron chi connectivity index (χ1n) is 6.14. The Kier molecular flexibility index (Phi) is 5.16. The average molecular weight is 292 g/mol. The summed E-state index contributed by atoms with van der Waals surface area (Å²) in [5, 5.41) is 13.9. The largest absolute Gasteiger partial charge is 0.481 e. The van der Waals surface area contributed by atoms with Gasteiger partial charge >= 0.3 is 12.0 Å². The fourth-order valence-electron chi connectivity index (χ4n) is 1.95. The maximum Gasteiger partial charge on any atom is 0.315 e. The van der Waals surface area contributed by atoms with Gasteiger partial charge < -0.3 is 15.7 Å². The number of aliphatic carboxylic acids is 1. The van der Waals surface area contributed by atoms with Crippen molar-refractivity contribution in [3.05, 3.63) is 0 Å². The second-order valence-electron chi connectivity index (χ2n) is 5.15. The second kappa shape index (κ2) is 6.23. The molecule has 0 aromatic heterocycles. The fourth-order valence-corrected chi connectivity index (χ4v) is 2.94. The predicted octanol–water partition coefficient (Wildman–Crippen LogP) is -0.0280. The third kappa shape index (κ3) is 7.00. The molecule has 19 heavy (non-hydrogen) atoms. The Bertz CT molecular complexity index is 444. The van der Waals surface area contributed by atoms with Gasteiger partial charge in [-0.1, -0.05) is 0 Å². The fraction of sp³-hybridized carbons (Fsp3) is 0.818. The molecule has 7 nitrogen and oxygen atoms in total. The first-order chi connectivity index (χ1) is 8.67. The van der Waals surface area contributed by atoms with Crippen LogP contribution in [0.25, 0.3) is 0 Å². The zero-order valence-corrected chi connectivity index (χ0v) is 11.9. The molecular weight excluding hydrogens is 272 g/mol. The van der Waals surface area contributed by atoms with E-state index in [-0.39, 0.29) is 24.1 Å². The molecule has 2 unspecified atom stereocenters. The SMILES string of the molecule is CC(CS(C)(=O)=O)NC(=O)NC(CC(=O)O)C1CC1. The topological polar surface area (TPSA) is 113 Å². The van der Waals surface area contributed by atoms with Crippen molar-refractivity contribution in [2.24, 2.45) is 5.92 Å². The number of nitrogens with one attached hydrogen (secondary N) is 2. The van der Waals surface area contributed by atoms with E-state index >= 15 is 0 Å². The smallest absolute Gasteiger partial charge is 0.315 e. The van der Waals surface area contributed by atoms with Crippen LogP contribution in [0.2, 0.25) is 0 Å². The van der Waals surface area contributed by atoms with Crippen LogP contribution in [0.1, 0.15) is 26.2 Å². The lowest BCUT2D eigenvalue weighted by atomic mass is 10.1. The molecule has 0 saturated heterocycles. The van der Waals surface area contributed by atoms with E-state index in [0.29, 0.717) is 0 Å². The summed E-state index contributed by atoms with van der Waals surface area (Å²) in [5.74, 6) is -0.888. The number of carboxylic acids is 1. The minimum atomic E-state index is -3.16. The number of hydrogen-bond donors (Lipinski definition) is 3. The lowest BCUT2D eigenvalue weighted by molar-refractivity contribution is -0.137. The number of hydrogen-bond acceptors (Lipinski definition) is 4. The summed E-state index contributed by atoms with van der Waals surface area (Å²) in [6, 6.07) is -1.42. The van der Waals surface area contributed by atoms with Crippen molar-refractivity contribution >= 4 is 21.8 Å². The Morgan fingerprint density at radius 2 is 1.89 bits per heavy atom. The minimum absolute atomic E-state index is 0.113. The molecule has 0 aliphatic heterocycles. The van der Waals surface area contributed by atoms with Gasteiger partial charge in [-0.05, 0) is 25.7 Å². The average Bonchev–Trinajstić information content (AvgIpc) is 2.94. The molecule has 1 rings (SSSR count). The van der Waals surface area contributed by atoms with Gasteiger partial charge in [0.2, 0.25) is 0 Å². The maximum atomic E-state index is 11.7. The molecule has 0 aromatic carbocycles. The van der Waals surface area contributed by atoms with Gasteiger partial charge in [0.25, 0.3) is 0 Å². The number of amides is 2. The highest BCUT2D eigenvalue weighted by Crippen LogP contribution is 2.33. The molecule has 0 spiro atoms. The molecule has 2 atom stereocenters. The number of carbonyl (C=O) groups excluding carboxylic acids is 1. The van der Waals surface area contributed by atoms with Gasteiger partial charge in [0, 0.05) is 18.3 Å².